The van der Waals surface area contributed by atoms with E-state index in [1.54, 1.807) is 0 Å². The minimum Gasteiger partial charge on any atom is -0.456 e. The van der Waals surface area contributed by atoms with Crippen LogP contribution in [0.1, 0.15) is 71.1 Å². The standard InChI is InChI=1S/C36H35BrN2O3/c1-23-21-39(33-19-16-28(20-32(23)33)34(40)38-24(2)26-14-17-29(37)18-15-26)22-25-10-12-27(13-11-25)30-8-6-7-9-31(30)35(41)42-36(3,4)5/h6-21,24H,22H2,1-5H3,(H,38,40)/t24-/m0/s1. The van der Waals surface area contributed by atoms with Crippen molar-refractivity contribution in [3.05, 3.63) is 129 Å². The second-order valence-electron chi connectivity index (χ2n) is 11.7. The van der Waals surface area contributed by atoms with Gasteiger partial charge in [0.1, 0.15) is 5.60 Å². The van der Waals surface area contributed by atoms with Crippen LogP contribution in [-0.4, -0.2) is 22.0 Å². The first-order chi connectivity index (χ1) is 20.0. The average Bonchev–Trinajstić information content (AvgIpc) is 3.27. The van der Waals surface area contributed by atoms with Gasteiger partial charge in [-0.15, -0.1) is 0 Å². The van der Waals surface area contributed by atoms with Gasteiger partial charge in [-0.2, -0.15) is 0 Å². The van der Waals surface area contributed by atoms with Gasteiger partial charge in [0.25, 0.3) is 5.91 Å². The number of rotatable bonds is 7. The number of carbonyl (C=O) groups is 2. The molecule has 5 aromatic rings. The summed E-state index contributed by atoms with van der Waals surface area (Å²) in [6.45, 7) is 10.4. The molecule has 0 saturated carbocycles. The zero-order valence-corrected chi connectivity index (χ0v) is 26.2. The van der Waals surface area contributed by atoms with Crippen molar-refractivity contribution in [3.8, 4) is 11.1 Å². The van der Waals surface area contributed by atoms with Gasteiger partial charge < -0.3 is 14.6 Å². The van der Waals surface area contributed by atoms with Gasteiger partial charge in [-0.25, -0.2) is 4.79 Å². The van der Waals surface area contributed by atoms with E-state index >= 15 is 0 Å². The molecule has 0 radical (unpaired) electrons. The van der Waals surface area contributed by atoms with Crippen molar-refractivity contribution in [3.63, 3.8) is 0 Å². The van der Waals surface area contributed by atoms with Crippen molar-refractivity contribution >= 4 is 38.7 Å². The van der Waals surface area contributed by atoms with Crippen molar-refractivity contribution in [2.24, 2.45) is 0 Å². The molecule has 1 amide bonds. The lowest BCUT2D eigenvalue weighted by atomic mass is 9.98. The molecule has 0 aliphatic carbocycles. The van der Waals surface area contributed by atoms with Gasteiger partial charge in [-0.05, 0) is 98.8 Å². The molecule has 42 heavy (non-hydrogen) atoms. The Labute approximate surface area is 255 Å². The Morgan fingerprint density at radius 1 is 0.929 bits per heavy atom. The molecule has 5 nitrogen and oxygen atoms in total. The molecule has 0 aliphatic heterocycles. The summed E-state index contributed by atoms with van der Waals surface area (Å²) in [5.41, 5.74) is 6.81. The fourth-order valence-electron chi connectivity index (χ4n) is 5.09. The Kier molecular flexibility index (Phi) is 8.37. The topological polar surface area (TPSA) is 60.3 Å². The SMILES string of the molecule is Cc1cn(Cc2ccc(-c3ccccc3C(=O)OC(C)(C)C)cc2)c2ccc(C(=O)N[C@@H](C)c3ccc(Br)cc3)cc12. The van der Waals surface area contributed by atoms with E-state index in [4.69, 9.17) is 4.74 Å². The monoisotopic (exact) mass is 622 g/mol. The summed E-state index contributed by atoms with van der Waals surface area (Å²) >= 11 is 3.46. The van der Waals surface area contributed by atoms with Gasteiger partial charge >= 0.3 is 5.97 Å². The van der Waals surface area contributed by atoms with Gasteiger partial charge in [0, 0.05) is 33.7 Å². The average molecular weight is 624 g/mol. The van der Waals surface area contributed by atoms with Gasteiger partial charge in [-0.1, -0.05) is 70.5 Å². The lowest BCUT2D eigenvalue weighted by Crippen LogP contribution is -2.26. The number of nitrogens with zero attached hydrogens (tertiary/aromatic N) is 1. The van der Waals surface area contributed by atoms with E-state index in [1.165, 1.54) is 0 Å². The number of fused-ring (bicyclic) bond motifs is 1. The highest BCUT2D eigenvalue weighted by Gasteiger charge is 2.21. The van der Waals surface area contributed by atoms with Crippen molar-refractivity contribution in [2.45, 2.75) is 52.8 Å². The predicted octanol–water partition coefficient (Wildman–Crippen LogP) is 8.87. The first-order valence-electron chi connectivity index (χ1n) is 14.1. The molecule has 0 saturated heterocycles. The number of ether oxygens (including phenoxy) is 1. The van der Waals surface area contributed by atoms with Crippen LogP contribution in [0.5, 0.6) is 0 Å². The highest BCUT2D eigenvalue weighted by atomic mass is 79.9. The molecule has 0 fully saturated rings. The summed E-state index contributed by atoms with van der Waals surface area (Å²) in [6, 6.07) is 29.6. The number of hydrogen-bond acceptors (Lipinski definition) is 3. The van der Waals surface area contributed by atoms with Crippen LogP contribution in [0.25, 0.3) is 22.0 Å². The fourth-order valence-corrected chi connectivity index (χ4v) is 5.36. The number of esters is 1. The summed E-state index contributed by atoms with van der Waals surface area (Å²) < 4.78 is 8.85. The summed E-state index contributed by atoms with van der Waals surface area (Å²) in [6.07, 6.45) is 2.13. The largest absolute Gasteiger partial charge is 0.456 e. The van der Waals surface area contributed by atoms with Crippen LogP contribution in [0.3, 0.4) is 0 Å². The number of carbonyl (C=O) groups excluding carboxylic acids is 2. The normalized spacial score (nSPS) is 12.2. The number of aromatic nitrogens is 1. The maximum Gasteiger partial charge on any atom is 0.339 e. The maximum atomic E-state index is 13.1. The van der Waals surface area contributed by atoms with Crippen molar-refractivity contribution in [2.75, 3.05) is 0 Å². The van der Waals surface area contributed by atoms with Crippen molar-refractivity contribution in [1.29, 1.82) is 0 Å². The van der Waals surface area contributed by atoms with Crippen LogP contribution in [0.4, 0.5) is 0 Å². The minimum absolute atomic E-state index is 0.0956. The molecule has 5 rings (SSSR count). The smallest absolute Gasteiger partial charge is 0.339 e. The molecule has 1 heterocycles. The molecule has 0 bridgehead atoms. The Morgan fingerprint density at radius 3 is 2.31 bits per heavy atom. The van der Waals surface area contributed by atoms with Crippen LogP contribution in [0.15, 0.2) is 102 Å². The molecular weight excluding hydrogens is 588 g/mol. The summed E-state index contributed by atoms with van der Waals surface area (Å²) in [5.74, 6) is -0.422. The predicted molar refractivity (Wildman–Crippen MR) is 173 cm³/mol. The van der Waals surface area contributed by atoms with Crippen molar-refractivity contribution in [1.82, 2.24) is 9.88 Å². The van der Waals surface area contributed by atoms with Crippen LogP contribution in [0, 0.1) is 6.92 Å². The lowest BCUT2D eigenvalue weighted by molar-refractivity contribution is 0.00703. The summed E-state index contributed by atoms with van der Waals surface area (Å²) in [7, 11) is 0. The maximum absolute atomic E-state index is 13.1. The van der Waals surface area contributed by atoms with Gasteiger partial charge in [0.15, 0.2) is 0 Å². The number of aryl methyl sites for hydroxylation is 1. The molecule has 214 valence electrons. The van der Waals surface area contributed by atoms with Crippen LogP contribution >= 0.6 is 15.9 Å². The van der Waals surface area contributed by atoms with E-state index in [0.29, 0.717) is 17.7 Å². The molecule has 0 unspecified atom stereocenters. The lowest BCUT2D eigenvalue weighted by Gasteiger charge is -2.20. The number of halogens is 1. The van der Waals surface area contributed by atoms with E-state index < -0.39 is 5.60 Å². The Morgan fingerprint density at radius 2 is 1.62 bits per heavy atom. The number of amides is 1. The molecule has 1 atom stereocenters. The zero-order chi connectivity index (χ0) is 30.0. The van der Waals surface area contributed by atoms with E-state index in [9.17, 15) is 9.59 Å². The number of nitrogens with one attached hydrogen (secondary N) is 1. The summed E-state index contributed by atoms with van der Waals surface area (Å²) in [4.78, 5) is 25.9. The Hall–Kier alpha value is -4.16. The second kappa shape index (κ2) is 12.0. The Balaban J connectivity index is 1.33. The van der Waals surface area contributed by atoms with E-state index in [1.807, 2.05) is 107 Å². The van der Waals surface area contributed by atoms with Crippen LogP contribution in [0.2, 0.25) is 0 Å². The highest BCUT2D eigenvalue weighted by molar-refractivity contribution is 9.10. The van der Waals surface area contributed by atoms with E-state index in [2.05, 4.69) is 51.1 Å². The molecule has 0 aliphatic rings. The Bertz CT molecular complexity index is 1750. The molecule has 1 aromatic heterocycles. The first-order valence-corrected chi connectivity index (χ1v) is 14.9. The third-order valence-electron chi connectivity index (χ3n) is 7.22. The third kappa shape index (κ3) is 6.66. The van der Waals surface area contributed by atoms with Gasteiger partial charge in [0.05, 0.1) is 11.6 Å². The molecule has 6 heteroatoms. The minimum atomic E-state index is -0.561. The fraction of sp³-hybridized carbons (Fsp3) is 0.222. The molecular formula is C36H35BrN2O3. The zero-order valence-electron chi connectivity index (χ0n) is 24.6. The summed E-state index contributed by atoms with van der Waals surface area (Å²) in [5, 5.41) is 4.17. The quantitative estimate of drug-likeness (QED) is 0.184. The van der Waals surface area contributed by atoms with Crippen molar-refractivity contribution < 1.29 is 14.3 Å². The van der Waals surface area contributed by atoms with Gasteiger partial charge in [-0.3, -0.25) is 4.79 Å². The van der Waals surface area contributed by atoms with Crippen LogP contribution < -0.4 is 5.32 Å². The van der Waals surface area contributed by atoms with Crippen LogP contribution in [-0.2, 0) is 11.3 Å². The third-order valence-corrected chi connectivity index (χ3v) is 7.75. The molecule has 1 N–H and O–H groups in total. The second-order valence-corrected chi connectivity index (χ2v) is 12.6. The van der Waals surface area contributed by atoms with E-state index in [0.717, 1.165) is 43.2 Å². The van der Waals surface area contributed by atoms with Gasteiger partial charge in [0.2, 0.25) is 0 Å². The number of benzene rings is 4. The molecule has 4 aromatic carbocycles. The molecule has 0 spiro atoms. The highest BCUT2D eigenvalue weighted by Crippen LogP contribution is 2.28. The van der Waals surface area contributed by atoms with E-state index in [-0.39, 0.29) is 17.9 Å². The number of hydrogen-bond donors (Lipinski definition) is 1. The first kappa shape index (κ1) is 29.3.